The molecule has 3 heteroatoms. The second-order valence-electron chi connectivity index (χ2n) is 5.80. The fourth-order valence-electron chi connectivity index (χ4n) is 2.67. The van der Waals surface area contributed by atoms with Gasteiger partial charge in [-0.15, -0.1) is 11.3 Å². The van der Waals surface area contributed by atoms with Crippen LogP contribution in [-0.4, -0.2) is 19.8 Å². The summed E-state index contributed by atoms with van der Waals surface area (Å²) in [4.78, 5) is 3.16. The van der Waals surface area contributed by atoms with E-state index in [9.17, 15) is 0 Å². The van der Waals surface area contributed by atoms with Crippen molar-refractivity contribution in [1.82, 2.24) is 5.32 Å². The van der Waals surface area contributed by atoms with Crippen molar-refractivity contribution >= 4 is 11.3 Å². The van der Waals surface area contributed by atoms with Crippen molar-refractivity contribution in [3.63, 3.8) is 0 Å². The number of fused-ring (bicyclic) bond motifs is 1. The van der Waals surface area contributed by atoms with Crippen LogP contribution >= 0.6 is 11.3 Å². The summed E-state index contributed by atoms with van der Waals surface area (Å²) in [6.07, 6.45) is 8.87. The second kappa shape index (κ2) is 8.81. The van der Waals surface area contributed by atoms with Gasteiger partial charge in [-0.2, -0.15) is 0 Å². The highest BCUT2D eigenvalue weighted by Gasteiger charge is 2.16. The van der Waals surface area contributed by atoms with E-state index in [0.717, 1.165) is 26.2 Å². The molecule has 0 saturated carbocycles. The molecule has 1 aliphatic rings. The van der Waals surface area contributed by atoms with Gasteiger partial charge in [0, 0.05) is 29.0 Å². The van der Waals surface area contributed by atoms with E-state index in [1.54, 1.807) is 10.4 Å². The topological polar surface area (TPSA) is 21.3 Å². The number of hydrogen-bond acceptors (Lipinski definition) is 3. The molecule has 0 saturated heterocycles. The third-order valence-corrected chi connectivity index (χ3v) is 5.42. The smallest absolute Gasteiger partial charge is 0.0478 e. The molecular weight excluding hydrogens is 266 g/mol. The molecule has 1 aliphatic carbocycles. The Morgan fingerprint density at radius 1 is 1.25 bits per heavy atom. The Hall–Kier alpha value is -0.380. The molecule has 0 aromatic carbocycles. The first-order chi connectivity index (χ1) is 9.81. The van der Waals surface area contributed by atoms with Crippen molar-refractivity contribution in [1.29, 1.82) is 0 Å². The summed E-state index contributed by atoms with van der Waals surface area (Å²) >= 11 is 2.02. The number of unbranched alkanes of at least 4 members (excludes halogenated alkanes) is 1. The number of rotatable bonds is 9. The van der Waals surface area contributed by atoms with Crippen molar-refractivity contribution in [3.05, 3.63) is 21.4 Å². The third-order valence-electron chi connectivity index (χ3n) is 4.00. The molecule has 2 rings (SSSR count). The first-order valence-corrected chi connectivity index (χ1v) is 9.05. The largest absolute Gasteiger partial charge is 0.381 e. The highest BCUT2D eigenvalue weighted by atomic mass is 32.1. The van der Waals surface area contributed by atoms with Crippen LogP contribution in [0.1, 0.15) is 67.3 Å². The van der Waals surface area contributed by atoms with Crippen molar-refractivity contribution in [2.45, 2.75) is 64.8 Å². The lowest BCUT2D eigenvalue weighted by Crippen LogP contribution is -2.20. The van der Waals surface area contributed by atoms with E-state index in [0.29, 0.717) is 6.04 Å². The Balaban J connectivity index is 1.64. The van der Waals surface area contributed by atoms with Gasteiger partial charge in [0.15, 0.2) is 0 Å². The standard InChI is InChI=1S/C17H29NOS/c1-3-4-11-19-12-7-10-18-14(2)17-13-15-8-5-6-9-16(15)20-17/h13-14,18H,3-12H2,1-2H3. The van der Waals surface area contributed by atoms with Gasteiger partial charge in [0.2, 0.25) is 0 Å². The predicted octanol–water partition coefficient (Wildman–Crippen LogP) is 4.48. The maximum atomic E-state index is 5.59. The summed E-state index contributed by atoms with van der Waals surface area (Å²) in [6, 6.07) is 2.93. The van der Waals surface area contributed by atoms with E-state index < -0.39 is 0 Å². The summed E-state index contributed by atoms with van der Waals surface area (Å²) in [7, 11) is 0. The Morgan fingerprint density at radius 3 is 2.85 bits per heavy atom. The lowest BCUT2D eigenvalue weighted by Gasteiger charge is -2.12. The fourth-order valence-corrected chi connectivity index (χ4v) is 3.95. The molecule has 2 nitrogen and oxygen atoms in total. The van der Waals surface area contributed by atoms with E-state index >= 15 is 0 Å². The van der Waals surface area contributed by atoms with Crippen LogP contribution in [-0.2, 0) is 17.6 Å². The van der Waals surface area contributed by atoms with Crippen molar-refractivity contribution in [2.24, 2.45) is 0 Å². The molecule has 0 fully saturated rings. The molecule has 0 spiro atoms. The van der Waals surface area contributed by atoms with E-state index in [4.69, 9.17) is 4.74 Å². The lowest BCUT2D eigenvalue weighted by molar-refractivity contribution is 0.128. The SMILES string of the molecule is CCCCOCCCNC(C)c1cc2c(s1)CCCC2. The number of aryl methyl sites for hydroxylation is 2. The summed E-state index contributed by atoms with van der Waals surface area (Å²) in [5.74, 6) is 0. The number of thiophene rings is 1. The van der Waals surface area contributed by atoms with Gasteiger partial charge in [0.1, 0.15) is 0 Å². The van der Waals surface area contributed by atoms with Crippen LogP contribution in [0.3, 0.4) is 0 Å². The van der Waals surface area contributed by atoms with Crippen LogP contribution in [0.4, 0.5) is 0 Å². The van der Waals surface area contributed by atoms with E-state index in [1.165, 1.54) is 43.4 Å². The monoisotopic (exact) mass is 295 g/mol. The minimum atomic E-state index is 0.487. The molecule has 1 N–H and O–H groups in total. The van der Waals surface area contributed by atoms with Gasteiger partial charge in [-0.1, -0.05) is 13.3 Å². The molecule has 0 aliphatic heterocycles. The molecule has 114 valence electrons. The van der Waals surface area contributed by atoms with Gasteiger partial charge in [0.05, 0.1) is 0 Å². The molecule has 20 heavy (non-hydrogen) atoms. The maximum Gasteiger partial charge on any atom is 0.0478 e. The molecule has 1 aromatic rings. The van der Waals surface area contributed by atoms with Crippen LogP contribution in [0, 0.1) is 0 Å². The van der Waals surface area contributed by atoms with E-state index in [2.05, 4.69) is 25.2 Å². The van der Waals surface area contributed by atoms with Gasteiger partial charge in [0.25, 0.3) is 0 Å². The average molecular weight is 295 g/mol. The molecule has 1 unspecified atom stereocenters. The summed E-state index contributed by atoms with van der Waals surface area (Å²) in [6.45, 7) is 7.35. The van der Waals surface area contributed by atoms with Crippen LogP contribution in [0.5, 0.6) is 0 Å². The van der Waals surface area contributed by atoms with Crippen LogP contribution < -0.4 is 5.32 Å². The van der Waals surface area contributed by atoms with Gasteiger partial charge in [-0.25, -0.2) is 0 Å². The third kappa shape index (κ3) is 4.87. The van der Waals surface area contributed by atoms with Gasteiger partial charge in [-0.05, 0) is 63.6 Å². The number of ether oxygens (including phenoxy) is 1. The van der Waals surface area contributed by atoms with E-state index in [-0.39, 0.29) is 0 Å². The molecule has 0 radical (unpaired) electrons. The molecule has 1 heterocycles. The lowest BCUT2D eigenvalue weighted by atomic mass is 9.99. The summed E-state index contributed by atoms with van der Waals surface area (Å²) in [5, 5.41) is 3.63. The van der Waals surface area contributed by atoms with Gasteiger partial charge in [-0.3, -0.25) is 0 Å². The number of nitrogens with one attached hydrogen (secondary N) is 1. The van der Waals surface area contributed by atoms with Gasteiger partial charge >= 0.3 is 0 Å². The molecule has 0 bridgehead atoms. The summed E-state index contributed by atoms with van der Waals surface area (Å²) < 4.78 is 5.59. The van der Waals surface area contributed by atoms with Crippen molar-refractivity contribution < 1.29 is 4.74 Å². The zero-order valence-corrected chi connectivity index (χ0v) is 13.9. The van der Waals surface area contributed by atoms with Crippen molar-refractivity contribution in [2.75, 3.05) is 19.8 Å². The Morgan fingerprint density at radius 2 is 2.05 bits per heavy atom. The predicted molar refractivity (Wildman–Crippen MR) is 87.7 cm³/mol. The number of hydrogen-bond donors (Lipinski definition) is 1. The Bertz CT molecular complexity index is 365. The molecule has 0 amide bonds. The zero-order chi connectivity index (χ0) is 14.2. The average Bonchev–Trinajstić information content (AvgIpc) is 2.90. The molecule has 1 aromatic heterocycles. The normalized spacial score (nSPS) is 16.1. The highest BCUT2D eigenvalue weighted by Crippen LogP contribution is 2.32. The van der Waals surface area contributed by atoms with E-state index in [1.807, 2.05) is 11.3 Å². The van der Waals surface area contributed by atoms with Crippen LogP contribution in [0.25, 0.3) is 0 Å². The second-order valence-corrected chi connectivity index (χ2v) is 6.97. The van der Waals surface area contributed by atoms with Crippen LogP contribution in [0.15, 0.2) is 6.07 Å². The Labute approximate surface area is 127 Å². The van der Waals surface area contributed by atoms with Crippen LogP contribution in [0.2, 0.25) is 0 Å². The van der Waals surface area contributed by atoms with Crippen molar-refractivity contribution in [3.8, 4) is 0 Å². The van der Waals surface area contributed by atoms with Gasteiger partial charge < -0.3 is 10.1 Å². The molecular formula is C17H29NOS. The summed E-state index contributed by atoms with van der Waals surface area (Å²) in [5.41, 5.74) is 1.62. The zero-order valence-electron chi connectivity index (χ0n) is 13.0. The minimum absolute atomic E-state index is 0.487. The fraction of sp³-hybridized carbons (Fsp3) is 0.765. The highest BCUT2D eigenvalue weighted by molar-refractivity contribution is 7.12. The first kappa shape index (κ1) is 16.0. The Kier molecular flexibility index (Phi) is 7.05. The molecule has 1 atom stereocenters. The maximum absolute atomic E-state index is 5.59. The quantitative estimate of drug-likeness (QED) is 0.678. The first-order valence-electron chi connectivity index (χ1n) is 8.24. The minimum Gasteiger partial charge on any atom is -0.381 e.